The molecule has 1 aromatic rings. The Bertz CT molecular complexity index is 548. The Labute approximate surface area is 94.3 Å². The number of hydrogen-bond donors (Lipinski definition) is 0. The molecule has 2 heteroatoms. The summed E-state index contributed by atoms with van der Waals surface area (Å²) in [7, 11) is 0. The summed E-state index contributed by atoms with van der Waals surface area (Å²) in [5.41, 5.74) is 2.78. The molecule has 0 saturated heterocycles. The molecule has 0 saturated carbocycles. The van der Waals surface area contributed by atoms with E-state index in [-0.39, 0.29) is 11.6 Å². The molecular formula is C14H12O2. The second-order valence-corrected chi connectivity index (χ2v) is 3.88. The Balaban J connectivity index is 2.81. The van der Waals surface area contributed by atoms with Crippen LogP contribution in [-0.4, -0.2) is 11.6 Å². The van der Waals surface area contributed by atoms with E-state index in [1.807, 2.05) is 0 Å². The number of fused-ring (bicyclic) bond motifs is 1. The molecule has 1 aromatic carbocycles. The summed E-state index contributed by atoms with van der Waals surface area (Å²) >= 11 is 0. The molecule has 1 aliphatic rings. The smallest absolute Gasteiger partial charge is 0.190 e. The van der Waals surface area contributed by atoms with Gasteiger partial charge in [0.15, 0.2) is 11.6 Å². The molecule has 0 fully saturated rings. The molecule has 0 spiro atoms. The van der Waals surface area contributed by atoms with Gasteiger partial charge in [0.2, 0.25) is 0 Å². The van der Waals surface area contributed by atoms with Crippen molar-refractivity contribution in [1.29, 1.82) is 0 Å². The van der Waals surface area contributed by atoms with Gasteiger partial charge >= 0.3 is 0 Å². The lowest BCUT2D eigenvalue weighted by Crippen LogP contribution is -2.20. The summed E-state index contributed by atoms with van der Waals surface area (Å²) in [6.07, 6.45) is 1.61. The Hall–Kier alpha value is -1.96. The highest BCUT2D eigenvalue weighted by atomic mass is 16.1. The van der Waals surface area contributed by atoms with E-state index >= 15 is 0 Å². The van der Waals surface area contributed by atoms with Crippen LogP contribution in [0.2, 0.25) is 0 Å². The van der Waals surface area contributed by atoms with Gasteiger partial charge in [-0.3, -0.25) is 9.59 Å². The minimum Gasteiger partial charge on any atom is -0.289 e. The molecule has 1 aliphatic carbocycles. The molecule has 2 rings (SSSR count). The Morgan fingerprint density at radius 2 is 1.69 bits per heavy atom. The largest absolute Gasteiger partial charge is 0.289 e. The molecule has 0 radical (unpaired) electrons. The number of carbonyl (C=O) groups excluding carboxylic acids is 2. The first-order valence-electron chi connectivity index (χ1n) is 5.10. The molecule has 0 aromatic heterocycles. The molecule has 0 bridgehead atoms. The standard InChI is InChI=1S/C14H12O2/c1-4-10-6-5-7-11-12(10)14(16)9(3)8(2)13(11)15/h4-7H,1H2,2-3H3. The first-order valence-corrected chi connectivity index (χ1v) is 5.10. The summed E-state index contributed by atoms with van der Waals surface area (Å²) in [6.45, 7) is 7.05. The SMILES string of the molecule is C=Cc1cccc2c1C(=O)C(C)=C(C)C2=O. The lowest BCUT2D eigenvalue weighted by Gasteiger charge is -2.18. The number of hydrogen-bond acceptors (Lipinski definition) is 2. The molecular weight excluding hydrogens is 200 g/mol. The average Bonchev–Trinajstić information content (AvgIpc) is 2.32. The summed E-state index contributed by atoms with van der Waals surface area (Å²) in [5.74, 6) is -0.126. The van der Waals surface area contributed by atoms with E-state index in [1.54, 1.807) is 38.1 Å². The van der Waals surface area contributed by atoms with Crippen LogP contribution in [0.3, 0.4) is 0 Å². The van der Waals surface area contributed by atoms with Crippen LogP contribution in [0.5, 0.6) is 0 Å². The van der Waals surface area contributed by atoms with Crippen LogP contribution in [0.1, 0.15) is 40.1 Å². The van der Waals surface area contributed by atoms with Gasteiger partial charge in [-0.1, -0.05) is 30.9 Å². The van der Waals surface area contributed by atoms with E-state index in [9.17, 15) is 9.59 Å². The number of Topliss-reactive ketones (excluding diaryl/α,β-unsaturated/α-hetero) is 2. The van der Waals surface area contributed by atoms with Crippen LogP contribution in [-0.2, 0) is 0 Å². The lowest BCUT2D eigenvalue weighted by molar-refractivity contribution is 0.0975. The van der Waals surface area contributed by atoms with Gasteiger partial charge in [0.05, 0.1) is 0 Å². The Morgan fingerprint density at radius 1 is 1.06 bits per heavy atom. The minimum atomic E-state index is -0.0670. The number of allylic oxidation sites excluding steroid dienone is 2. The molecule has 0 N–H and O–H groups in total. The van der Waals surface area contributed by atoms with Crippen LogP contribution < -0.4 is 0 Å². The highest BCUT2D eigenvalue weighted by molar-refractivity contribution is 6.27. The maximum Gasteiger partial charge on any atom is 0.190 e. The van der Waals surface area contributed by atoms with Crippen molar-refractivity contribution in [2.24, 2.45) is 0 Å². The van der Waals surface area contributed by atoms with Crippen LogP contribution in [0.25, 0.3) is 6.08 Å². The Morgan fingerprint density at radius 3 is 2.31 bits per heavy atom. The molecule has 80 valence electrons. The molecule has 0 atom stereocenters. The van der Waals surface area contributed by atoms with Crippen molar-refractivity contribution in [2.45, 2.75) is 13.8 Å². The van der Waals surface area contributed by atoms with E-state index in [2.05, 4.69) is 6.58 Å². The zero-order chi connectivity index (χ0) is 11.9. The normalized spacial score (nSPS) is 15.1. The monoisotopic (exact) mass is 212 g/mol. The number of ketones is 2. The van der Waals surface area contributed by atoms with E-state index in [4.69, 9.17) is 0 Å². The predicted molar refractivity (Wildman–Crippen MR) is 63.6 cm³/mol. The quantitative estimate of drug-likeness (QED) is 0.717. The summed E-state index contributed by atoms with van der Waals surface area (Å²) < 4.78 is 0. The third-order valence-corrected chi connectivity index (χ3v) is 3.03. The van der Waals surface area contributed by atoms with Crippen molar-refractivity contribution in [2.75, 3.05) is 0 Å². The van der Waals surface area contributed by atoms with E-state index in [0.29, 0.717) is 22.3 Å². The number of benzene rings is 1. The van der Waals surface area contributed by atoms with Crippen molar-refractivity contribution in [3.8, 4) is 0 Å². The predicted octanol–water partition coefficient (Wildman–Crippen LogP) is 3.05. The first kappa shape index (κ1) is 10.6. The van der Waals surface area contributed by atoms with Gasteiger partial charge in [-0.25, -0.2) is 0 Å². The van der Waals surface area contributed by atoms with Crippen molar-refractivity contribution in [3.63, 3.8) is 0 Å². The summed E-state index contributed by atoms with van der Waals surface area (Å²) in [4.78, 5) is 24.1. The maximum absolute atomic E-state index is 12.1. The second kappa shape index (κ2) is 3.56. The van der Waals surface area contributed by atoms with Gasteiger partial charge in [0.25, 0.3) is 0 Å². The van der Waals surface area contributed by atoms with Crippen LogP contribution in [0.15, 0.2) is 35.9 Å². The van der Waals surface area contributed by atoms with E-state index in [1.165, 1.54) is 0 Å². The molecule has 16 heavy (non-hydrogen) atoms. The fourth-order valence-electron chi connectivity index (χ4n) is 1.91. The molecule has 0 aliphatic heterocycles. The van der Waals surface area contributed by atoms with Gasteiger partial charge < -0.3 is 0 Å². The zero-order valence-electron chi connectivity index (χ0n) is 9.33. The van der Waals surface area contributed by atoms with Crippen LogP contribution in [0, 0.1) is 0 Å². The van der Waals surface area contributed by atoms with Gasteiger partial charge in [0.1, 0.15) is 0 Å². The molecule has 0 heterocycles. The van der Waals surface area contributed by atoms with Crippen LogP contribution in [0.4, 0.5) is 0 Å². The topological polar surface area (TPSA) is 34.1 Å². The maximum atomic E-state index is 12.1. The van der Waals surface area contributed by atoms with E-state index in [0.717, 1.165) is 5.56 Å². The Kier molecular flexibility index (Phi) is 2.35. The second-order valence-electron chi connectivity index (χ2n) is 3.88. The average molecular weight is 212 g/mol. The van der Waals surface area contributed by atoms with Gasteiger partial charge in [0, 0.05) is 22.3 Å². The van der Waals surface area contributed by atoms with Gasteiger partial charge in [-0.05, 0) is 19.4 Å². The fraction of sp³-hybridized carbons (Fsp3) is 0.143. The number of carbonyl (C=O) groups is 2. The molecule has 2 nitrogen and oxygen atoms in total. The van der Waals surface area contributed by atoms with E-state index < -0.39 is 0 Å². The van der Waals surface area contributed by atoms with Crippen LogP contribution >= 0.6 is 0 Å². The zero-order valence-corrected chi connectivity index (χ0v) is 9.33. The molecule has 0 amide bonds. The fourth-order valence-corrected chi connectivity index (χ4v) is 1.91. The lowest BCUT2D eigenvalue weighted by atomic mass is 9.83. The molecule has 0 unspecified atom stereocenters. The van der Waals surface area contributed by atoms with Crippen molar-refractivity contribution >= 4 is 17.6 Å². The highest BCUT2D eigenvalue weighted by Gasteiger charge is 2.28. The summed E-state index contributed by atoms with van der Waals surface area (Å²) in [6, 6.07) is 5.26. The van der Waals surface area contributed by atoms with Gasteiger partial charge in [-0.2, -0.15) is 0 Å². The third kappa shape index (κ3) is 1.27. The highest BCUT2D eigenvalue weighted by Crippen LogP contribution is 2.28. The first-order chi connectivity index (χ1) is 7.57. The van der Waals surface area contributed by atoms with Crippen molar-refractivity contribution in [3.05, 3.63) is 52.6 Å². The number of rotatable bonds is 1. The van der Waals surface area contributed by atoms with Crippen molar-refractivity contribution < 1.29 is 9.59 Å². The van der Waals surface area contributed by atoms with Gasteiger partial charge in [-0.15, -0.1) is 0 Å². The minimum absolute atomic E-state index is 0.0594. The van der Waals surface area contributed by atoms with Crippen molar-refractivity contribution in [1.82, 2.24) is 0 Å². The summed E-state index contributed by atoms with van der Waals surface area (Å²) in [5, 5.41) is 0. The third-order valence-electron chi connectivity index (χ3n) is 3.03.